The van der Waals surface area contributed by atoms with Crippen LogP contribution in [-0.2, 0) is 17.6 Å². The van der Waals surface area contributed by atoms with Crippen LogP contribution in [0.5, 0.6) is 5.75 Å². The zero-order valence-corrected chi connectivity index (χ0v) is 22.1. The lowest BCUT2D eigenvalue weighted by Crippen LogP contribution is -2.39. The van der Waals surface area contributed by atoms with Gasteiger partial charge in [0.2, 0.25) is 5.91 Å². The highest BCUT2D eigenvalue weighted by atomic mass is 16.6. The molecule has 2 atom stereocenters. The molecule has 8 nitrogen and oxygen atoms in total. The summed E-state index contributed by atoms with van der Waals surface area (Å²) in [6.45, 7) is 2.36. The van der Waals surface area contributed by atoms with Gasteiger partial charge in [-0.25, -0.2) is 4.79 Å². The van der Waals surface area contributed by atoms with E-state index in [1.54, 1.807) is 31.2 Å². The fraction of sp³-hybridized carbons (Fsp3) is 0.300. The number of amides is 2. The van der Waals surface area contributed by atoms with Crippen LogP contribution < -0.4 is 21.1 Å². The van der Waals surface area contributed by atoms with E-state index in [-0.39, 0.29) is 23.8 Å². The van der Waals surface area contributed by atoms with Crippen LogP contribution in [0.2, 0.25) is 0 Å². The summed E-state index contributed by atoms with van der Waals surface area (Å²) >= 11 is 0. The van der Waals surface area contributed by atoms with Gasteiger partial charge in [-0.2, -0.15) is 0 Å². The third kappa shape index (κ3) is 8.54. The molecule has 200 valence electrons. The van der Waals surface area contributed by atoms with Crippen molar-refractivity contribution < 1.29 is 19.1 Å². The molecule has 38 heavy (non-hydrogen) atoms. The quantitative estimate of drug-likeness (QED) is 0.233. The maximum atomic E-state index is 13.6. The first kappa shape index (κ1) is 28.6. The lowest BCUT2D eigenvalue weighted by Gasteiger charge is -2.24. The highest BCUT2D eigenvalue weighted by molar-refractivity contribution is 6.01. The highest BCUT2D eigenvalue weighted by Gasteiger charge is 2.24. The van der Waals surface area contributed by atoms with E-state index in [0.29, 0.717) is 36.4 Å². The molecule has 0 radical (unpaired) electrons. The molecule has 3 aromatic rings. The third-order valence-corrected chi connectivity index (χ3v) is 6.29. The molecule has 0 saturated carbocycles. The smallest absolute Gasteiger partial charge is 0.410 e. The maximum absolute atomic E-state index is 13.6. The lowest BCUT2D eigenvalue weighted by atomic mass is 9.92. The number of para-hydroxylation sites is 1. The lowest BCUT2D eigenvalue weighted by molar-refractivity contribution is -0.119. The number of nitrogens with zero attached hydrogens (tertiary/aromatic N) is 1. The fourth-order valence-corrected chi connectivity index (χ4v) is 4.05. The number of nitrogens with two attached hydrogens (primary N) is 1. The number of anilines is 1. The van der Waals surface area contributed by atoms with Crippen molar-refractivity contribution in [1.29, 1.82) is 0 Å². The number of likely N-dealkylation sites (N-methyl/N-ethyl adjacent to an activating group) is 1. The van der Waals surface area contributed by atoms with Crippen LogP contribution in [0.25, 0.3) is 0 Å². The summed E-state index contributed by atoms with van der Waals surface area (Å²) in [6.07, 6.45) is 1.42. The number of carbonyl (C=O) groups excluding carboxylic acids is 3. The van der Waals surface area contributed by atoms with Gasteiger partial charge in [0.1, 0.15) is 5.75 Å². The van der Waals surface area contributed by atoms with Crippen LogP contribution in [0.1, 0.15) is 34.8 Å². The minimum Gasteiger partial charge on any atom is -0.410 e. The molecule has 4 N–H and O–H groups in total. The molecule has 8 heteroatoms. The van der Waals surface area contributed by atoms with Crippen molar-refractivity contribution in [1.82, 2.24) is 10.2 Å². The second kappa shape index (κ2) is 14.1. The van der Waals surface area contributed by atoms with Gasteiger partial charge in [0.15, 0.2) is 5.78 Å². The van der Waals surface area contributed by atoms with Gasteiger partial charge in [-0.3, -0.25) is 19.8 Å². The van der Waals surface area contributed by atoms with Crippen molar-refractivity contribution in [2.24, 2.45) is 5.73 Å². The number of hydrogen-bond acceptors (Lipinski definition) is 6. The van der Waals surface area contributed by atoms with Gasteiger partial charge in [-0.15, -0.1) is 0 Å². The summed E-state index contributed by atoms with van der Waals surface area (Å²) in [5.74, 6) is 0.0793. The summed E-state index contributed by atoms with van der Waals surface area (Å²) < 4.78 is 5.37. The Morgan fingerprint density at radius 1 is 0.921 bits per heavy atom. The number of carbonyl (C=O) groups is 3. The fourth-order valence-electron chi connectivity index (χ4n) is 4.05. The van der Waals surface area contributed by atoms with Crippen molar-refractivity contribution in [3.05, 3.63) is 95.6 Å². The zero-order chi connectivity index (χ0) is 27.5. The van der Waals surface area contributed by atoms with Crippen molar-refractivity contribution >= 4 is 23.5 Å². The Kier molecular flexibility index (Phi) is 10.6. The maximum Gasteiger partial charge on any atom is 0.417 e. The minimum absolute atomic E-state index is 0.0478. The largest absolute Gasteiger partial charge is 0.417 e. The molecule has 0 aliphatic rings. The standard InChI is InChI=1S/C30H36N4O4/c1-21(29(31)36)32-19-9-11-23-10-7-8-14-26(23)28(35)27(34(2)3)20-22-15-17-25(18-16-22)38-30(37)33-24-12-5-4-6-13-24/h4-8,10,12-18,21,27,32H,9,11,19-20H2,1-3H3,(H2,31,36)(H,33,37)/t21-,27-/m1/s1. The molecule has 2 amide bonds. The molecular weight excluding hydrogens is 480 g/mol. The molecular formula is C30H36N4O4. The molecule has 0 fully saturated rings. The number of rotatable bonds is 13. The summed E-state index contributed by atoms with van der Waals surface area (Å²) in [5, 5.41) is 5.78. The SMILES string of the molecule is C[C@@H](NCCCc1ccccc1C(=O)[C@@H](Cc1ccc(OC(=O)Nc2ccccc2)cc1)N(C)C)C(N)=O. The van der Waals surface area contributed by atoms with Crippen molar-refractivity contribution in [3.8, 4) is 5.75 Å². The summed E-state index contributed by atoms with van der Waals surface area (Å²) in [6, 6.07) is 23.2. The minimum atomic E-state index is -0.568. The number of benzene rings is 3. The first-order valence-electron chi connectivity index (χ1n) is 12.7. The Morgan fingerprint density at radius 2 is 1.58 bits per heavy atom. The van der Waals surface area contributed by atoms with E-state index in [1.807, 2.05) is 73.6 Å². The van der Waals surface area contributed by atoms with Gasteiger partial charge in [0.25, 0.3) is 0 Å². The number of hydrogen-bond donors (Lipinski definition) is 3. The predicted molar refractivity (Wildman–Crippen MR) is 149 cm³/mol. The van der Waals surface area contributed by atoms with Crippen LogP contribution >= 0.6 is 0 Å². The van der Waals surface area contributed by atoms with Crippen molar-refractivity contribution in [2.75, 3.05) is 26.0 Å². The van der Waals surface area contributed by atoms with Gasteiger partial charge in [0, 0.05) is 11.3 Å². The number of ketones is 1. The topological polar surface area (TPSA) is 114 Å². The Bertz CT molecular complexity index is 1210. The van der Waals surface area contributed by atoms with Crippen LogP contribution in [-0.4, -0.2) is 55.4 Å². The first-order valence-corrected chi connectivity index (χ1v) is 12.7. The monoisotopic (exact) mass is 516 g/mol. The Morgan fingerprint density at radius 3 is 2.24 bits per heavy atom. The Hall–Kier alpha value is -4.01. The van der Waals surface area contributed by atoms with Crippen LogP contribution in [0, 0.1) is 0 Å². The molecule has 0 unspecified atom stereocenters. The zero-order valence-electron chi connectivity index (χ0n) is 22.1. The molecule has 0 aliphatic heterocycles. The van der Waals surface area contributed by atoms with E-state index < -0.39 is 6.09 Å². The van der Waals surface area contributed by atoms with E-state index >= 15 is 0 Å². The van der Waals surface area contributed by atoms with Gasteiger partial charge in [-0.05, 0) is 82.2 Å². The summed E-state index contributed by atoms with van der Waals surface area (Å²) in [7, 11) is 3.79. The van der Waals surface area contributed by atoms with Gasteiger partial charge in [0.05, 0.1) is 12.1 Å². The Labute approximate surface area is 224 Å². The average molecular weight is 517 g/mol. The van der Waals surface area contributed by atoms with Crippen LogP contribution in [0.3, 0.4) is 0 Å². The van der Waals surface area contributed by atoms with Crippen LogP contribution in [0.4, 0.5) is 10.5 Å². The van der Waals surface area contributed by atoms with Crippen molar-refractivity contribution in [2.45, 2.75) is 38.3 Å². The summed E-state index contributed by atoms with van der Waals surface area (Å²) in [5.41, 5.74) is 8.58. The molecule has 0 aliphatic carbocycles. The molecule has 0 aromatic heterocycles. The summed E-state index contributed by atoms with van der Waals surface area (Å²) in [4.78, 5) is 38.9. The number of Topliss-reactive ketones (excluding diaryl/α,β-unsaturated/α-hetero) is 1. The van der Waals surface area contributed by atoms with Gasteiger partial charge in [-0.1, -0.05) is 54.6 Å². The molecule has 0 spiro atoms. The molecule has 0 heterocycles. The average Bonchev–Trinajstić information content (AvgIpc) is 2.90. The number of primary amides is 1. The van der Waals surface area contributed by atoms with Gasteiger partial charge < -0.3 is 15.8 Å². The van der Waals surface area contributed by atoms with E-state index in [4.69, 9.17) is 10.5 Å². The van der Waals surface area contributed by atoms with Crippen LogP contribution in [0.15, 0.2) is 78.9 Å². The number of nitrogens with one attached hydrogen (secondary N) is 2. The predicted octanol–water partition coefficient (Wildman–Crippen LogP) is 4.05. The number of aryl methyl sites for hydroxylation is 1. The number of ether oxygens (including phenoxy) is 1. The normalized spacial score (nSPS) is 12.5. The first-order chi connectivity index (χ1) is 18.2. The molecule has 3 aromatic carbocycles. The Balaban J connectivity index is 1.62. The van der Waals surface area contributed by atoms with E-state index in [0.717, 1.165) is 17.5 Å². The van der Waals surface area contributed by atoms with E-state index in [1.165, 1.54) is 0 Å². The van der Waals surface area contributed by atoms with Crippen molar-refractivity contribution in [3.63, 3.8) is 0 Å². The highest BCUT2D eigenvalue weighted by Crippen LogP contribution is 2.20. The van der Waals surface area contributed by atoms with Gasteiger partial charge >= 0.3 is 6.09 Å². The van der Waals surface area contributed by atoms with E-state index in [9.17, 15) is 14.4 Å². The second-order valence-corrected chi connectivity index (χ2v) is 9.41. The molecule has 0 saturated heterocycles. The second-order valence-electron chi connectivity index (χ2n) is 9.41. The van der Waals surface area contributed by atoms with E-state index in [2.05, 4.69) is 10.6 Å². The third-order valence-electron chi connectivity index (χ3n) is 6.29. The molecule has 0 bridgehead atoms. The molecule has 3 rings (SSSR count).